The van der Waals surface area contributed by atoms with Crippen molar-refractivity contribution in [3.63, 3.8) is 0 Å². The van der Waals surface area contributed by atoms with Crippen LogP contribution in [0.5, 0.6) is 0 Å². The van der Waals surface area contributed by atoms with E-state index in [4.69, 9.17) is 10.5 Å². The first-order chi connectivity index (χ1) is 10.3. The Labute approximate surface area is 124 Å². The number of hydrogen-bond acceptors (Lipinski definition) is 5. The van der Waals surface area contributed by atoms with E-state index in [1.54, 1.807) is 6.20 Å². The van der Waals surface area contributed by atoms with E-state index >= 15 is 0 Å². The third-order valence-electron chi connectivity index (χ3n) is 3.94. The number of morpholine rings is 1. The zero-order valence-corrected chi connectivity index (χ0v) is 12.1. The van der Waals surface area contributed by atoms with E-state index < -0.39 is 0 Å². The van der Waals surface area contributed by atoms with Crippen molar-refractivity contribution >= 4 is 5.91 Å². The van der Waals surface area contributed by atoms with Crippen molar-refractivity contribution in [3.05, 3.63) is 29.6 Å². The lowest BCUT2D eigenvalue weighted by molar-refractivity contribution is -0.133. The molecule has 0 spiro atoms. The molecule has 0 bridgehead atoms. The second-order valence-corrected chi connectivity index (χ2v) is 5.70. The summed E-state index contributed by atoms with van der Waals surface area (Å²) in [6.45, 7) is 3.06. The zero-order chi connectivity index (χ0) is 14.7. The number of nitrogens with zero attached hydrogens (tertiary/aromatic N) is 2. The minimum absolute atomic E-state index is 0.0882. The number of amides is 1. The topological polar surface area (TPSA) is 80.5 Å². The van der Waals surface area contributed by atoms with Gasteiger partial charge in [-0.15, -0.1) is 0 Å². The lowest BCUT2D eigenvalue weighted by atomic mass is 10.1. The smallest absolute Gasteiger partial charge is 0.239 e. The van der Waals surface area contributed by atoms with Gasteiger partial charge in [0.15, 0.2) is 0 Å². The fourth-order valence-corrected chi connectivity index (χ4v) is 2.57. The van der Waals surface area contributed by atoms with Crippen LogP contribution in [0.25, 0.3) is 0 Å². The van der Waals surface area contributed by atoms with Gasteiger partial charge in [0.2, 0.25) is 5.91 Å². The Kier molecular flexibility index (Phi) is 4.48. The van der Waals surface area contributed by atoms with Crippen LogP contribution in [0.15, 0.2) is 18.3 Å². The van der Waals surface area contributed by atoms with Crippen molar-refractivity contribution in [2.24, 2.45) is 5.73 Å². The van der Waals surface area contributed by atoms with Gasteiger partial charge in [-0.2, -0.15) is 0 Å². The predicted molar refractivity (Wildman–Crippen MR) is 78.3 cm³/mol. The summed E-state index contributed by atoms with van der Waals surface area (Å²) in [5.74, 6) is 0.0882. The Morgan fingerprint density at radius 2 is 2.38 bits per heavy atom. The number of carbonyl (C=O) groups excluding carboxylic acids is 1. The SMILES string of the molecule is NCc1cc(CN2CCOCC2C(=O)NC2CC2)ccn1. The highest BCUT2D eigenvalue weighted by molar-refractivity contribution is 5.82. The molecule has 1 saturated carbocycles. The molecule has 114 valence electrons. The van der Waals surface area contributed by atoms with Crippen LogP contribution in [0, 0.1) is 0 Å². The normalized spacial score (nSPS) is 23.0. The van der Waals surface area contributed by atoms with E-state index in [0.717, 1.165) is 37.2 Å². The minimum Gasteiger partial charge on any atom is -0.378 e. The van der Waals surface area contributed by atoms with Crippen molar-refractivity contribution in [3.8, 4) is 0 Å². The van der Waals surface area contributed by atoms with Gasteiger partial charge >= 0.3 is 0 Å². The Morgan fingerprint density at radius 3 is 3.14 bits per heavy atom. The van der Waals surface area contributed by atoms with Gasteiger partial charge in [-0.1, -0.05) is 0 Å². The number of hydrogen-bond donors (Lipinski definition) is 2. The van der Waals surface area contributed by atoms with Gasteiger partial charge in [-0.05, 0) is 30.5 Å². The van der Waals surface area contributed by atoms with Crippen LogP contribution < -0.4 is 11.1 Å². The molecule has 21 heavy (non-hydrogen) atoms. The number of nitrogens with two attached hydrogens (primary N) is 1. The second kappa shape index (κ2) is 6.51. The number of aromatic nitrogens is 1. The molecule has 2 heterocycles. The van der Waals surface area contributed by atoms with Gasteiger partial charge in [-0.25, -0.2) is 0 Å². The predicted octanol–water partition coefficient (Wildman–Crippen LogP) is 0.0197. The fourth-order valence-electron chi connectivity index (χ4n) is 2.57. The number of nitrogens with one attached hydrogen (secondary N) is 1. The summed E-state index contributed by atoms with van der Waals surface area (Å²) in [7, 11) is 0. The molecule has 3 N–H and O–H groups in total. The molecule has 1 atom stereocenters. The fraction of sp³-hybridized carbons (Fsp3) is 0.600. The molecule has 0 aromatic carbocycles. The number of rotatable bonds is 5. The molecule has 1 unspecified atom stereocenters. The average Bonchev–Trinajstić information content (AvgIpc) is 3.32. The van der Waals surface area contributed by atoms with Crippen LogP contribution in [0.2, 0.25) is 0 Å². The van der Waals surface area contributed by atoms with Crippen LogP contribution in [0.1, 0.15) is 24.1 Å². The molecule has 2 fully saturated rings. The molecule has 1 aliphatic carbocycles. The Hall–Kier alpha value is -1.50. The lowest BCUT2D eigenvalue weighted by Crippen LogP contribution is -2.53. The molecule has 1 aromatic rings. The maximum atomic E-state index is 12.3. The van der Waals surface area contributed by atoms with E-state index in [1.807, 2.05) is 12.1 Å². The highest BCUT2D eigenvalue weighted by Crippen LogP contribution is 2.20. The van der Waals surface area contributed by atoms with Crippen LogP contribution >= 0.6 is 0 Å². The lowest BCUT2D eigenvalue weighted by Gasteiger charge is -2.34. The Morgan fingerprint density at radius 1 is 1.52 bits per heavy atom. The van der Waals surface area contributed by atoms with Gasteiger partial charge in [-0.3, -0.25) is 14.7 Å². The summed E-state index contributed by atoms with van der Waals surface area (Å²) in [6, 6.07) is 4.16. The summed E-state index contributed by atoms with van der Waals surface area (Å²) >= 11 is 0. The number of pyridine rings is 1. The maximum absolute atomic E-state index is 12.3. The maximum Gasteiger partial charge on any atom is 0.239 e. The molecule has 1 aliphatic heterocycles. The summed E-state index contributed by atoms with van der Waals surface area (Å²) in [5, 5.41) is 3.07. The van der Waals surface area contributed by atoms with Crippen LogP contribution in [-0.2, 0) is 22.6 Å². The highest BCUT2D eigenvalue weighted by atomic mass is 16.5. The van der Waals surface area contributed by atoms with Gasteiger partial charge in [0.1, 0.15) is 6.04 Å². The van der Waals surface area contributed by atoms with Crippen molar-refractivity contribution in [2.75, 3.05) is 19.8 Å². The van der Waals surface area contributed by atoms with Gasteiger partial charge in [0.25, 0.3) is 0 Å². The highest BCUT2D eigenvalue weighted by Gasteiger charge is 2.33. The monoisotopic (exact) mass is 290 g/mol. The van der Waals surface area contributed by atoms with Gasteiger partial charge in [0, 0.05) is 31.9 Å². The third kappa shape index (κ3) is 3.78. The minimum atomic E-state index is -0.200. The average molecular weight is 290 g/mol. The molecule has 0 radical (unpaired) electrons. The van der Waals surface area contributed by atoms with E-state index in [2.05, 4.69) is 15.2 Å². The molecule has 1 amide bonds. The van der Waals surface area contributed by atoms with Crippen molar-refractivity contribution in [2.45, 2.75) is 38.0 Å². The van der Waals surface area contributed by atoms with Crippen molar-refractivity contribution in [1.29, 1.82) is 0 Å². The molecular formula is C15H22N4O2. The van der Waals surface area contributed by atoms with Gasteiger partial charge in [0.05, 0.1) is 18.9 Å². The summed E-state index contributed by atoms with van der Waals surface area (Å²) in [6.07, 6.45) is 3.98. The Balaban J connectivity index is 1.66. The van der Waals surface area contributed by atoms with E-state index in [1.165, 1.54) is 0 Å². The first-order valence-electron chi connectivity index (χ1n) is 7.52. The van der Waals surface area contributed by atoms with E-state index in [9.17, 15) is 4.79 Å². The molecule has 1 saturated heterocycles. The number of carbonyl (C=O) groups is 1. The molecule has 3 rings (SSSR count). The Bertz CT molecular complexity index is 504. The molecule has 6 heteroatoms. The van der Waals surface area contributed by atoms with Crippen LogP contribution in [0.4, 0.5) is 0 Å². The number of ether oxygens (including phenoxy) is 1. The standard InChI is InChI=1S/C15H22N4O2/c16-8-13-7-11(3-4-17-13)9-19-5-6-21-10-14(19)15(20)18-12-1-2-12/h3-4,7,12,14H,1-2,5-6,8-10,16H2,(H,18,20). The zero-order valence-electron chi connectivity index (χ0n) is 12.1. The summed E-state index contributed by atoms with van der Waals surface area (Å²) in [4.78, 5) is 18.7. The van der Waals surface area contributed by atoms with E-state index in [-0.39, 0.29) is 11.9 Å². The van der Waals surface area contributed by atoms with Crippen molar-refractivity contribution in [1.82, 2.24) is 15.2 Å². The largest absolute Gasteiger partial charge is 0.378 e. The summed E-state index contributed by atoms with van der Waals surface area (Å²) < 4.78 is 5.48. The quantitative estimate of drug-likeness (QED) is 0.799. The molecule has 2 aliphatic rings. The first-order valence-corrected chi connectivity index (χ1v) is 7.52. The van der Waals surface area contributed by atoms with E-state index in [0.29, 0.717) is 25.8 Å². The molecule has 1 aromatic heterocycles. The second-order valence-electron chi connectivity index (χ2n) is 5.70. The first kappa shape index (κ1) is 14.4. The van der Waals surface area contributed by atoms with Crippen molar-refractivity contribution < 1.29 is 9.53 Å². The molecular weight excluding hydrogens is 268 g/mol. The third-order valence-corrected chi connectivity index (χ3v) is 3.94. The molecule has 6 nitrogen and oxygen atoms in total. The van der Waals surface area contributed by atoms with Crippen LogP contribution in [0.3, 0.4) is 0 Å². The summed E-state index contributed by atoms with van der Waals surface area (Å²) in [5.41, 5.74) is 7.64. The van der Waals surface area contributed by atoms with Gasteiger partial charge < -0.3 is 15.8 Å². The van der Waals surface area contributed by atoms with Crippen LogP contribution in [-0.4, -0.2) is 47.6 Å².